The quantitative estimate of drug-likeness (QED) is 0.226. The lowest BCUT2D eigenvalue weighted by Crippen LogP contribution is -2.43. The molecule has 1 unspecified atom stereocenters. The molecule has 4 heterocycles. The van der Waals surface area contributed by atoms with E-state index in [0.29, 0.717) is 70.8 Å². The highest BCUT2D eigenvalue weighted by molar-refractivity contribution is 9.10. The summed E-state index contributed by atoms with van der Waals surface area (Å²) in [6.45, 7) is 3.67. The van der Waals surface area contributed by atoms with Crippen molar-refractivity contribution in [1.82, 2.24) is 9.80 Å². The molecule has 41 heavy (non-hydrogen) atoms. The van der Waals surface area contributed by atoms with Crippen molar-refractivity contribution in [2.75, 3.05) is 26.4 Å². The van der Waals surface area contributed by atoms with Crippen LogP contribution in [0.3, 0.4) is 0 Å². The average Bonchev–Trinajstić information content (AvgIpc) is 3.49. The van der Waals surface area contributed by atoms with E-state index in [1.807, 2.05) is 42.5 Å². The Morgan fingerprint density at radius 1 is 0.756 bits per heavy atom. The second kappa shape index (κ2) is 9.99. The van der Waals surface area contributed by atoms with Crippen LogP contribution >= 0.6 is 31.9 Å². The Hall–Kier alpha value is -3.70. The van der Waals surface area contributed by atoms with Gasteiger partial charge in [0, 0.05) is 14.3 Å². The number of nitrogens with zero attached hydrogens (tertiary/aromatic N) is 2. The van der Waals surface area contributed by atoms with Crippen molar-refractivity contribution in [2.45, 2.75) is 25.6 Å². The maximum Gasteiger partial charge on any atom is 0.328 e. The Labute approximate surface area is 252 Å². The van der Waals surface area contributed by atoms with Crippen LogP contribution in [0.2, 0.25) is 0 Å². The highest BCUT2D eigenvalue weighted by Crippen LogP contribution is 2.44. The van der Waals surface area contributed by atoms with Gasteiger partial charge in [-0.3, -0.25) is 14.6 Å². The van der Waals surface area contributed by atoms with Gasteiger partial charge in [0.2, 0.25) is 0 Å². The first-order chi connectivity index (χ1) is 19.8. The van der Waals surface area contributed by atoms with Gasteiger partial charge < -0.3 is 23.4 Å². The third-order valence-corrected chi connectivity index (χ3v) is 9.12. The number of imide groups is 1. The van der Waals surface area contributed by atoms with E-state index in [0.717, 1.165) is 15.4 Å². The smallest absolute Gasteiger partial charge is 0.328 e. The van der Waals surface area contributed by atoms with Gasteiger partial charge in [0.15, 0.2) is 28.5 Å². The number of fused-ring (bicyclic) bond motifs is 3. The van der Waals surface area contributed by atoms with Crippen LogP contribution in [0.4, 0.5) is 4.79 Å². The molecule has 210 valence electrons. The minimum Gasteiger partial charge on any atom is -0.486 e. The molecule has 0 saturated carbocycles. The Kier molecular flexibility index (Phi) is 6.39. The van der Waals surface area contributed by atoms with Crippen molar-refractivity contribution in [2.24, 2.45) is 0 Å². The first-order valence-electron chi connectivity index (χ1n) is 13.1. The van der Waals surface area contributed by atoms with Crippen molar-refractivity contribution >= 4 is 54.8 Å². The van der Waals surface area contributed by atoms with Crippen molar-refractivity contribution in [1.29, 1.82) is 0 Å². The van der Waals surface area contributed by atoms with Crippen molar-refractivity contribution in [3.05, 3.63) is 80.4 Å². The minimum atomic E-state index is -1.41. The molecule has 1 atom stereocenters. The minimum absolute atomic E-state index is 0.0313. The number of halogens is 2. The van der Waals surface area contributed by atoms with Gasteiger partial charge in [0.1, 0.15) is 37.8 Å². The number of rotatable bonds is 5. The predicted molar refractivity (Wildman–Crippen MR) is 155 cm³/mol. The zero-order chi connectivity index (χ0) is 28.3. The number of benzene rings is 3. The first kappa shape index (κ1) is 26.2. The summed E-state index contributed by atoms with van der Waals surface area (Å²) in [5, 5.41) is 0.845. The molecule has 0 radical (unpaired) electrons. The number of ether oxygens (including phenoxy) is 4. The molecule has 1 aromatic heterocycles. The fourth-order valence-electron chi connectivity index (χ4n) is 5.42. The van der Waals surface area contributed by atoms with Gasteiger partial charge in [-0.2, -0.15) is 0 Å². The largest absolute Gasteiger partial charge is 0.486 e. The van der Waals surface area contributed by atoms with E-state index in [2.05, 4.69) is 31.9 Å². The zero-order valence-corrected chi connectivity index (χ0v) is 25.1. The molecule has 3 aliphatic heterocycles. The molecule has 0 N–H and O–H groups in total. The molecule has 4 aromatic rings. The summed E-state index contributed by atoms with van der Waals surface area (Å²) in [6.07, 6.45) is 0. The molecule has 0 spiro atoms. The highest BCUT2D eigenvalue weighted by atomic mass is 79.9. The molecule has 1 fully saturated rings. The molecule has 9 nitrogen and oxygen atoms in total. The van der Waals surface area contributed by atoms with Crippen molar-refractivity contribution in [3.8, 4) is 23.0 Å². The number of carbonyl (C=O) groups is 2. The molecule has 0 bridgehead atoms. The van der Waals surface area contributed by atoms with Crippen LogP contribution in [0.15, 0.2) is 68.0 Å². The topological polar surface area (TPSA) is 90.7 Å². The van der Waals surface area contributed by atoms with Crippen LogP contribution in [0.5, 0.6) is 23.0 Å². The summed E-state index contributed by atoms with van der Waals surface area (Å²) >= 11 is 7.21. The second-order valence-corrected chi connectivity index (χ2v) is 11.9. The lowest BCUT2D eigenvalue weighted by atomic mass is 9.95. The van der Waals surface area contributed by atoms with E-state index >= 15 is 0 Å². The summed E-state index contributed by atoms with van der Waals surface area (Å²) in [5.74, 6) is 2.40. The van der Waals surface area contributed by atoms with E-state index in [9.17, 15) is 9.59 Å². The number of para-hydroxylation sites is 1. The predicted octanol–water partition coefficient (Wildman–Crippen LogP) is 6.38. The van der Waals surface area contributed by atoms with Gasteiger partial charge in [-0.15, -0.1) is 0 Å². The molecule has 3 amide bonds. The number of urea groups is 1. The van der Waals surface area contributed by atoms with Gasteiger partial charge in [-0.1, -0.05) is 50.1 Å². The molecule has 1 saturated heterocycles. The average molecular weight is 684 g/mol. The van der Waals surface area contributed by atoms with Crippen LogP contribution in [0, 0.1) is 0 Å². The maximum atomic E-state index is 14.3. The SMILES string of the molecule is CC1(c2cc3ccccc3o2)C(=O)N(Cc2cc3c(cc2Br)OCCO3)C(=O)N1Cc1cc2c(cc1Br)OCCO2. The Balaban J connectivity index is 1.30. The molecule has 3 aliphatic rings. The number of furan rings is 1. The number of hydrogen-bond acceptors (Lipinski definition) is 7. The zero-order valence-electron chi connectivity index (χ0n) is 21.9. The number of amides is 3. The number of carbonyl (C=O) groups excluding carboxylic acids is 2. The molecule has 11 heteroatoms. The van der Waals surface area contributed by atoms with Gasteiger partial charge in [-0.25, -0.2) is 4.79 Å². The summed E-state index contributed by atoms with van der Waals surface area (Å²) in [5.41, 5.74) is 0.700. The van der Waals surface area contributed by atoms with E-state index < -0.39 is 17.5 Å². The monoisotopic (exact) mass is 682 g/mol. The van der Waals surface area contributed by atoms with Gasteiger partial charge in [-0.05, 0) is 54.4 Å². The normalized spacial score (nSPS) is 19.8. The Bertz CT molecular complexity index is 1690. The maximum absolute atomic E-state index is 14.3. The Morgan fingerprint density at radius 2 is 1.29 bits per heavy atom. The fourth-order valence-corrected chi connectivity index (χ4v) is 6.32. The fraction of sp³-hybridized carbons (Fsp3) is 0.267. The summed E-state index contributed by atoms with van der Waals surface area (Å²) in [7, 11) is 0. The number of hydrogen-bond donors (Lipinski definition) is 0. The molecule has 3 aromatic carbocycles. The van der Waals surface area contributed by atoms with Crippen LogP contribution in [-0.4, -0.2) is 48.2 Å². The van der Waals surface area contributed by atoms with Gasteiger partial charge >= 0.3 is 6.03 Å². The van der Waals surface area contributed by atoms with Crippen LogP contribution in [0.1, 0.15) is 23.8 Å². The van der Waals surface area contributed by atoms with Gasteiger partial charge in [0.25, 0.3) is 5.91 Å². The summed E-state index contributed by atoms with van der Waals surface area (Å²) in [6, 6.07) is 16.2. The van der Waals surface area contributed by atoms with E-state index in [-0.39, 0.29) is 13.1 Å². The van der Waals surface area contributed by atoms with Gasteiger partial charge in [0.05, 0.1) is 13.1 Å². The second-order valence-electron chi connectivity index (χ2n) is 10.2. The van der Waals surface area contributed by atoms with E-state index in [4.69, 9.17) is 23.4 Å². The van der Waals surface area contributed by atoms with Crippen LogP contribution in [-0.2, 0) is 23.4 Å². The lowest BCUT2D eigenvalue weighted by Gasteiger charge is -2.30. The van der Waals surface area contributed by atoms with E-state index in [1.54, 1.807) is 24.0 Å². The van der Waals surface area contributed by atoms with E-state index in [1.165, 1.54) is 4.90 Å². The molecular formula is C30H24Br2N2O7. The van der Waals surface area contributed by atoms with Crippen molar-refractivity contribution < 1.29 is 33.0 Å². The summed E-state index contributed by atoms with van der Waals surface area (Å²) < 4.78 is 30.6. The lowest BCUT2D eigenvalue weighted by molar-refractivity contribution is -0.134. The first-order valence-corrected chi connectivity index (χ1v) is 14.7. The van der Waals surface area contributed by atoms with Crippen LogP contribution < -0.4 is 18.9 Å². The third-order valence-electron chi connectivity index (χ3n) is 7.65. The molecule has 7 rings (SSSR count). The third kappa shape index (κ3) is 4.33. The molecule has 0 aliphatic carbocycles. The highest BCUT2D eigenvalue weighted by Gasteiger charge is 2.57. The van der Waals surface area contributed by atoms with Crippen molar-refractivity contribution in [3.63, 3.8) is 0 Å². The molecular weight excluding hydrogens is 660 g/mol. The van der Waals surface area contributed by atoms with Crippen LogP contribution in [0.25, 0.3) is 11.0 Å². The Morgan fingerprint density at radius 3 is 1.88 bits per heavy atom. The standard InChI is InChI=1S/C30H24Br2N2O7/c1-30(27-12-17-4-2-3-5-22(17)41-27)28(35)33(15-18-10-23-25(13-20(18)31)39-8-6-37-23)29(36)34(30)16-19-11-24-26(14-21(19)32)40-9-7-38-24/h2-5,10-14H,6-9,15-16H2,1H3. The summed E-state index contributed by atoms with van der Waals surface area (Å²) in [4.78, 5) is 31.3.